The van der Waals surface area contributed by atoms with Crippen molar-refractivity contribution in [1.29, 1.82) is 0 Å². The van der Waals surface area contributed by atoms with Crippen molar-refractivity contribution < 1.29 is 20.1 Å². The molecule has 0 aromatic heterocycles. The van der Waals surface area contributed by atoms with Gasteiger partial charge in [-0.1, -0.05) is 31.5 Å². The zero-order chi connectivity index (χ0) is 18.9. The molecule has 0 amide bonds. The Morgan fingerprint density at radius 3 is 2.58 bits per heavy atom. The van der Waals surface area contributed by atoms with Crippen LogP contribution in [-0.2, 0) is 4.79 Å². The largest absolute Gasteiger partial charge is 0.344 e. The monoisotopic (exact) mass is 380 g/mol. The lowest BCUT2D eigenvalue weighted by atomic mass is 9.48. The fraction of sp³-hybridized carbons (Fsp3) is 0.762. The highest BCUT2D eigenvalue weighted by molar-refractivity contribution is 6.32. The highest BCUT2D eigenvalue weighted by Gasteiger charge is 2.59. The standard InChI is InChI=1S/C21H29ClO4/c1-19-8-6-16-14(15(19)4-3-12(19)11-21(24,25)26)10-18(22)17-9-13(23)5-7-20(16,17)2/h9-10,12,14-16,24-26H,3-8,11H2,1-2H3/t12-,14+,15+,16+,19-,20-/m1/s1. The van der Waals surface area contributed by atoms with Gasteiger partial charge in [0.2, 0.25) is 0 Å². The van der Waals surface area contributed by atoms with Crippen LogP contribution in [0.2, 0.25) is 0 Å². The molecular weight excluding hydrogens is 352 g/mol. The molecule has 4 rings (SSSR count). The molecule has 0 unspecified atom stereocenters. The van der Waals surface area contributed by atoms with Gasteiger partial charge in [0.25, 0.3) is 5.97 Å². The van der Waals surface area contributed by atoms with Crippen molar-refractivity contribution in [3.8, 4) is 0 Å². The maximum absolute atomic E-state index is 11.9. The number of carbonyl (C=O) groups excluding carboxylic acids is 1. The molecule has 6 atom stereocenters. The Balaban J connectivity index is 1.69. The van der Waals surface area contributed by atoms with Gasteiger partial charge in [-0.2, -0.15) is 0 Å². The molecule has 0 saturated heterocycles. The van der Waals surface area contributed by atoms with Crippen molar-refractivity contribution in [2.75, 3.05) is 0 Å². The molecular formula is C21H29ClO4. The first-order valence-electron chi connectivity index (χ1n) is 9.84. The van der Waals surface area contributed by atoms with Crippen molar-refractivity contribution in [1.82, 2.24) is 0 Å². The van der Waals surface area contributed by atoms with E-state index in [-0.39, 0.29) is 29.0 Å². The number of aliphatic hydroxyl groups is 3. The topological polar surface area (TPSA) is 77.8 Å². The van der Waals surface area contributed by atoms with Crippen LogP contribution in [0.3, 0.4) is 0 Å². The number of rotatable bonds is 2. The second-order valence-corrected chi connectivity index (χ2v) is 9.95. The lowest BCUT2D eigenvalue weighted by Crippen LogP contribution is -2.50. The summed E-state index contributed by atoms with van der Waals surface area (Å²) >= 11 is 6.66. The fourth-order valence-electron chi connectivity index (χ4n) is 6.85. The first-order chi connectivity index (χ1) is 12.0. The fourth-order valence-corrected chi connectivity index (χ4v) is 7.26. The van der Waals surface area contributed by atoms with E-state index in [1.165, 1.54) is 0 Å². The van der Waals surface area contributed by atoms with Crippen LogP contribution < -0.4 is 0 Å². The van der Waals surface area contributed by atoms with E-state index in [0.717, 1.165) is 42.7 Å². The van der Waals surface area contributed by atoms with E-state index in [1.807, 2.05) is 0 Å². The Bertz CT molecular complexity index is 691. The average molecular weight is 381 g/mol. The number of halogens is 1. The van der Waals surface area contributed by atoms with Crippen molar-refractivity contribution in [3.63, 3.8) is 0 Å². The number of carbonyl (C=O) groups is 1. The maximum atomic E-state index is 11.9. The smallest absolute Gasteiger partial charge is 0.275 e. The lowest BCUT2D eigenvalue weighted by molar-refractivity contribution is -0.323. The normalized spacial score (nSPS) is 45.4. The molecule has 2 fully saturated rings. The minimum Gasteiger partial charge on any atom is -0.344 e. The van der Waals surface area contributed by atoms with Crippen molar-refractivity contribution in [2.45, 2.75) is 64.8 Å². The minimum atomic E-state index is -2.59. The molecule has 2 saturated carbocycles. The van der Waals surface area contributed by atoms with Gasteiger partial charge in [-0.25, -0.2) is 0 Å². The third kappa shape index (κ3) is 2.72. The molecule has 0 spiro atoms. The summed E-state index contributed by atoms with van der Waals surface area (Å²) in [4.78, 5) is 11.9. The predicted molar refractivity (Wildman–Crippen MR) is 98.9 cm³/mol. The summed E-state index contributed by atoms with van der Waals surface area (Å²) in [6.07, 6.45) is 9.39. The molecule has 4 nitrogen and oxygen atoms in total. The lowest BCUT2D eigenvalue weighted by Gasteiger charge is -2.56. The molecule has 26 heavy (non-hydrogen) atoms. The van der Waals surface area contributed by atoms with Gasteiger partial charge in [-0.05, 0) is 78.3 Å². The van der Waals surface area contributed by atoms with Gasteiger partial charge in [-0.3, -0.25) is 4.79 Å². The molecule has 0 aliphatic heterocycles. The summed E-state index contributed by atoms with van der Waals surface area (Å²) in [5.41, 5.74) is 0.962. The SMILES string of the molecule is C[C@]12CC[C@H]3[C@@H](C=C(Cl)C4=CC(=O)CC[C@@]43C)[C@@H]1CC[C@@H]2CC(O)(O)O. The van der Waals surface area contributed by atoms with Crippen LogP contribution in [-0.4, -0.2) is 27.1 Å². The first kappa shape index (κ1) is 18.7. The number of hydrogen-bond acceptors (Lipinski definition) is 4. The summed E-state index contributed by atoms with van der Waals surface area (Å²) in [5.74, 6) is -1.06. The Morgan fingerprint density at radius 2 is 1.88 bits per heavy atom. The molecule has 4 aliphatic rings. The molecule has 0 aromatic rings. The second-order valence-electron chi connectivity index (χ2n) is 9.54. The zero-order valence-corrected chi connectivity index (χ0v) is 16.3. The van der Waals surface area contributed by atoms with E-state index in [9.17, 15) is 20.1 Å². The number of fused-ring (bicyclic) bond motifs is 5. The van der Waals surface area contributed by atoms with Crippen molar-refractivity contribution >= 4 is 17.4 Å². The average Bonchev–Trinajstić information content (AvgIpc) is 2.85. The molecule has 144 valence electrons. The zero-order valence-electron chi connectivity index (χ0n) is 15.5. The van der Waals surface area contributed by atoms with Crippen LogP contribution >= 0.6 is 11.6 Å². The van der Waals surface area contributed by atoms with Crippen LogP contribution in [0.25, 0.3) is 0 Å². The molecule has 0 aromatic carbocycles. The number of ketones is 1. The highest BCUT2D eigenvalue weighted by atomic mass is 35.5. The Labute approximate surface area is 159 Å². The number of hydrogen-bond donors (Lipinski definition) is 3. The minimum absolute atomic E-state index is 0.00571. The summed E-state index contributed by atoms with van der Waals surface area (Å²) in [6, 6.07) is 0. The molecule has 0 bridgehead atoms. The van der Waals surface area contributed by atoms with Gasteiger partial charge >= 0.3 is 0 Å². The van der Waals surface area contributed by atoms with Crippen LogP contribution in [0.4, 0.5) is 0 Å². The molecule has 3 N–H and O–H groups in total. The van der Waals surface area contributed by atoms with Gasteiger partial charge in [-0.15, -0.1) is 0 Å². The van der Waals surface area contributed by atoms with E-state index in [2.05, 4.69) is 19.9 Å². The van der Waals surface area contributed by atoms with E-state index in [4.69, 9.17) is 11.6 Å². The number of allylic oxidation sites excluding steroid dienone is 4. The first-order valence-corrected chi connectivity index (χ1v) is 10.2. The summed E-state index contributed by atoms with van der Waals surface area (Å²) in [7, 11) is 0. The summed E-state index contributed by atoms with van der Waals surface area (Å²) in [5, 5.41) is 29.3. The van der Waals surface area contributed by atoms with E-state index < -0.39 is 5.97 Å². The van der Waals surface area contributed by atoms with Crippen molar-refractivity contribution in [2.24, 2.45) is 34.5 Å². The highest BCUT2D eigenvalue weighted by Crippen LogP contribution is 2.66. The summed E-state index contributed by atoms with van der Waals surface area (Å²) < 4.78 is 0. The van der Waals surface area contributed by atoms with Gasteiger partial charge in [0.05, 0.1) is 0 Å². The van der Waals surface area contributed by atoms with Gasteiger partial charge in [0.15, 0.2) is 5.78 Å². The molecule has 5 heteroatoms. The van der Waals surface area contributed by atoms with Crippen molar-refractivity contribution in [3.05, 3.63) is 22.8 Å². The van der Waals surface area contributed by atoms with Crippen LogP contribution in [0.5, 0.6) is 0 Å². The molecule has 0 heterocycles. The van der Waals surface area contributed by atoms with E-state index in [0.29, 0.717) is 24.2 Å². The van der Waals surface area contributed by atoms with E-state index in [1.54, 1.807) is 6.08 Å². The second kappa shape index (κ2) is 5.91. The Hall–Kier alpha value is -0.680. The summed E-state index contributed by atoms with van der Waals surface area (Å²) in [6.45, 7) is 4.52. The predicted octanol–water partition coefficient (Wildman–Crippen LogP) is 3.50. The van der Waals surface area contributed by atoms with Crippen LogP contribution in [0.15, 0.2) is 22.8 Å². The van der Waals surface area contributed by atoms with Gasteiger partial charge in [0.1, 0.15) is 0 Å². The molecule has 0 radical (unpaired) electrons. The Morgan fingerprint density at radius 1 is 1.15 bits per heavy atom. The third-order valence-electron chi connectivity index (χ3n) is 8.28. The van der Waals surface area contributed by atoms with E-state index >= 15 is 0 Å². The van der Waals surface area contributed by atoms with Crippen LogP contribution in [0.1, 0.15) is 58.8 Å². The third-order valence-corrected chi connectivity index (χ3v) is 8.60. The molecule has 4 aliphatic carbocycles. The van der Waals surface area contributed by atoms with Crippen LogP contribution in [0, 0.1) is 34.5 Å². The maximum Gasteiger partial charge on any atom is 0.275 e. The quantitative estimate of drug-likeness (QED) is 0.641. The Kier molecular flexibility index (Phi) is 4.24. The van der Waals surface area contributed by atoms with Gasteiger partial charge < -0.3 is 15.3 Å². The van der Waals surface area contributed by atoms with Gasteiger partial charge in [0, 0.05) is 17.9 Å².